The largest absolute Gasteiger partial charge is 0.310 e. The Morgan fingerprint density at radius 1 is 0.310 bits per heavy atom. The Hall–Kier alpha value is -7.68. The minimum atomic E-state index is 1.08. The van der Waals surface area contributed by atoms with Crippen LogP contribution in [0.1, 0.15) is 0 Å². The number of para-hydroxylation sites is 1. The van der Waals surface area contributed by atoms with Crippen molar-refractivity contribution in [3.63, 3.8) is 0 Å². The molecule has 58 heavy (non-hydrogen) atoms. The maximum Gasteiger partial charge on any atom is 0.0547 e. The van der Waals surface area contributed by atoms with Crippen molar-refractivity contribution in [3.8, 4) is 39.1 Å². The van der Waals surface area contributed by atoms with E-state index >= 15 is 0 Å². The summed E-state index contributed by atoms with van der Waals surface area (Å²) < 4.78 is 2.46. The van der Waals surface area contributed by atoms with Gasteiger partial charge in [0.1, 0.15) is 0 Å². The van der Waals surface area contributed by atoms with Gasteiger partial charge in [0.05, 0.1) is 16.7 Å². The summed E-state index contributed by atoms with van der Waals surface area (Å²) in [6, 6.07) is 83.7. The Morgan fingerprint density at radius 3 is 1.74 bits per heavy atom. The smallest absolute Gasteiger partial charge is 0.0547 e. The van der Waals surface area contributed by atoms with Crippen molar-refractivity contribution in [2.24, 2.45) is 0 Å². The molecule has 0 fully saturated rings. The van der Waals surface area contributed by atoms with Gasteiger partial charge in [-0.25, -0.2) is 0 Å². The van der Waals surface area contributed by atoms with Crippen LogP contribution in [0.5, 0.6) is 0 Å². The molecule has 1 aromatic heterocycles. The van der Waals surface area contributed by atoms with Gasteiger partial charge in [0.25, 0.3) is 0 Å². The van der Waals surface area contributed by atoms with E-state index in [0.717, 1.165) is 22.7 Å². The van der Waals surface area contributed by atoms with Gasteiger partial charge in [0.15, 0.2) is 0 Å². The van der Waals surface area contributed by atoms with Crippen molar-refractivity contribution in [2.45, 2.75) is 0 Å². The van der Waals surface area contributed by atoms with E-state index in [1.54, 1.807) is 0 Å². The molecule has 0 aliphatic heterocycles. The molecule has 11 rings (SSSR count). The lowest BCUT2D eigenvalue weighted by Gasteiger charge is -2.28. The average molecular weight is 739 g/mol. The van der Waals surface area contributed by atoms with Crippen LogP contribution >= 0.6 is 0 Å². The molecule has 0 amide bonds. The third-order valence-electron chi connectivity index (χ3n) is 11.6. The summed E-state index contributed by atoms with van der Waals surface area (Å²) in [6.45, 7) is 0. The SMILES string of the molecule is c1ccc(-c2ccc(N(c3cccc(-n4c5cccc(-c6ccc7ccccc7c6)c5c5c6ccccc6ccc54)c3)c3ccccc3-c3ccccc3)cc2)cc1. The fraction of sp³-hybridized carbons (Fsp3) is 0. The fourth-order valence-electron chi connectivity index (χ4n) is 8.87. The second kappa shape index (κ2) is 14.1. The molecule has 10 aromatic carbocycles. The number of hydrogen-bond acceptors (Lipinski definition) is 1. The van der Waals surface area contributed by atoms with Crippen molar-refractivity contribution in [1.29, 1.82) is 0 Å². The van der Waals surface area contributed by atoms with Crippen LogP contribution in [-0.4, -0.2) is 4.57 Å². The van der Waals surface area contributed by atoms with E-state index in [1.165, 1.54) is 76.7 Å². The molecule has 11 aromatic rings. The third-order valence-corrected chi connectivity index (χ3v) is 11.6. The number of anilines is 3. The van der Waals surface area contributed by atoms with E-state index in [4.69, 9.17) is 0 Å². The Balaban J connectivity index is 1.15. The summed E-state index contributed by atoms with van der Waals surface area (Å²) in [4.78, 5) is 2.41. The van der Waals surface area contributed by atoms with Crippen LogP contribution in [0.2, 0.25) is 0 Å². The molecule has 0 spiro atoms. The highest BCUT2D eigenvalue weighted by molar-refractivity contribution is 6.25. The summed E-state index contributed by atoms with van der Waals surface area (Å²) in [5, 5.41) is 7.51. The van der Waals surface area contributed by atoms with E-state index in [-0.39, 0.29) is 0 Å². The second-order valence-corrected chi connectivity index (χ2v) is 14.9. The normalized spacial score (nSPS) is 11.4. The molecule has 0 atom stereocenters. The summed E-state index contributed by atoms with van der Waals surface area (Å²) in [6.07, 6.45) is 0. The van der Waals surface area contributed by atoms with E-state index in [2.05, 4.69) is 240 Å². The molecule has 0 radical (unpaired) electrons. The van der Waals surface area contributed by atoms with Gasteiger partial charge >= 0.3 is 0 Å². The van der Waals surface area contributed by atoms with E-state index in [9.17, 15) is 0 Å². The van der Waals surface area contributed by atoms with Gasteiger partial charge in [-0.1, -0.05) is 176 Å². The lowest BCUT2D eigenvalue weighted by Crippen LogP contribution is -2.11. The summed E-state index contributed by atoms with van der Waals surface area (Å²) in [5.74, 6) is 0. The van der Waals surface area contributed by atoms with Crippen LogP contribution in [0.4, 0.5) is 17.1 Å². The summed E-state index contributed by atoms with van der Waals surface area (Å²) in [5.41, 5.74) is 13.9. The minimum Gasteiger partial charge on any atom is -0.310 e. The lowest BCUT2D eigenvalue weighted by atomic mass is 9.95. The zero-order chi connectivity index (χ0) is 38.4. The van der Waals surface area contributed by atoms with Crippen molar-refractivity contribution >= 4 is 60.4 Å². The zero-order valence-corrected chi connectivity index (χ0v) is 31.8. The molecule has 0 saturated heterocycles. The number of benzene rings is 10. The van der Waals surface area contributed by atoms with Gasteiger partial charge in [-0.2, -0.15) is 0 Å². The number of aromatic nitrogens is 1. The zero-order valence-electron chi connectivity index (χ0n) is 31.8. The fourth-order valence-corrected chi connectivity index (χ4v) is 8.87. The van der Waals surface area contributed by atoms with Crippen LogP contribution in [0.15, 0.2) is 231 Å². The topological polar surface area (TPSA) is 8.17 Å². The van der Waals surface area contributed by atoms with Crippen LogP contribution in [0.25, 0.3) is 82.4 Å². The second-order valence-electron chi connectivity index (χ2n) is 14.9. The minimum absolute atomic E-state index is 1.08. The first kappa shape index (κ1) is 33.6. The van der Waals surface area contributed by atoms with E-state index in [1.807, 2.05) is 0 Å². The average Bonchev–Trinajstić information content (AvgIpc) is 3.65. The third kappa shape index (κ3) is 5.74. The number of rotatable bonds is 7. The van der Waals surface area contributed by atoms with E-state index in [0.29, 0.717) is 0 Å². The Morgan fingerprint density at radius 2 is 0.914 bits per heavy atom. The molecule has 1 heterocycles. The molecule has 0 N–H and O–H groups in total. The van der Waals surface area contributed by atoms with Gasteiger partial charge in [-0.3, -0.25) is 0 Å². The summed E-state index contributed by atoms with van der Waals surface area (Å²) in [7, 11) is 0. The predicted molar refractivity (Wildman–Crippen MR) is 247 cm³/mol. The molecule has 2 heteroatoms. The molecule has 2 nitrogen and oxygen atoms in total. The highest BCUT2D eigenvalue weighted by atomic mass is 15.1. The van der Waals surface area contributed by atoms with Gasteiger partial charge in [-0.05, 0) is 104 Å². The molecule has 272 valence electrons. The van der Waals surface area contributed by atoms with Crippen LogP contribution in [0.3, 0.4) is 0 Å². The summed E-state index contributed by atoms with van der Waals surface area (Å²) >= 11 is 0. The molecule has 0 aliphatic rings. The monoisotopic (exact) mass is 738 g/mol. The van der Waals surface area contributed by atoms with Gasteiger partial charge in [0, 0.05) is 33.4 Å². The first-order valence-electron chi connectivity index (χ1n) is 19.9. The van der Waals surface area contributed by atoms with Crippen molar-refractivity contribution in [2.75, 3.05) is 4.90 Å². The van der Waals surface area contributed by atoms with Gasteiger partial charge < -0.3 is 9.47 Å². The lowest BCUT2D eigenvalue weighted by molar-refractivity contribution is 1.17. The number of nitrogens with zero attached hydrogens (tertiary/aromatic N) is 2. The Bertz CT molecular complexity index is 3270. The maximum absolute atomic E-state index is 2.46. The number of fused-ring (bicyclic) bond motifs is 6. The highest BCUT2D eigenvalue weighted by Gasteiger charge is 2.21. The highest BCUT2D eigenvalue weighted by Crippen LogP contribution is 2.45. The quantitative estimate of drug-likeness (QED) is 0.158. The molecular formula is C56H38N2. The Labute approximate surface area is 338 Å². The molecule has 0 bridgehead atoms. The van der Waals surface area contributed by atoms with Crippen LogP contribution in [0, 0.1) is 0 Å². The van der Waals surface area contributed by atoms with Gasteiger partial charge in [-0.15, -0.1) is 0 Å². The maximum atomic E-state index is 2.46. The van der Waals surface area contributed by atoms with Crippen molar-refractivity contribution in [1.82, 2.24) is 4.57 Å². The standard InChI is InChI=1S/C56H38N2/c1-3-15-39(16-4-1)41-31-34-46(35-32-41)57(52-27-12-11-24-49(52)42-18-5-2-6-19-42)47-22-13-23-48(38-47)58-53-28-14-26-51(45-30-29-40-17-7-8-21-44(40)37-45)56(53)55-50-25-10-9-20-43(50)33-36-54(55)58/h1-38H. The van der Waals surface area contributed by atoms with Crippen LogP contribution in [-0.2, 0) is 0 Å². The first-order chi connectivity index (χ1) is 28.8. The first-order valence-corrected chi connectivity index (χ1v) is 19.9. The van der Waals surface area contributed by atoms with Gasteiger partial charge in [0.2, 0.25) is 0 Å². The molecule has 0 unspecified atom stereocenters. The molecule has 0 saturated carbocycles. The van der Waals surface area contributed by atoms with Crippen molar-refractivity contribution in [3.05, 3.63) is 231 Å². The van der Waals surface area contributed by atoms with Crippen molar-refractivity contribution < 1.29 is 0 Å². The Kier molecular flexibility index (Phi) is 8.19. The molecular weight excluding hydrogens is 701 g/mol. The van der Waals surface area contributed by atoms with Crippen LogP contribution < -0.4 is 4.90 Å². The predicted octanol–water partition coefficient (Wildman–Crippen LogP) is 15.6. The molecule has 0 aliphatic carbocycles. The number of hydrogen-bond donors (Lipinski definition) is 0. The van der Waals surface area contributed by atoms with E-state index < -0.39 is 0 Å².